The fourth-order valence-corrected chi connectivity index (χ4v) is 1.77. The average Bonchev–Trinajstić information content (AvgIpc) is 2.50. The molecule has 1 aromatic carbocycles. The smallest absolute Gasteiger partial charge is 0.223 e. The summed E-state index contributed by atoms with van der Waals surface area (Å²) in [7, 11) is 4.73. The van der Waals surface area contributed by atoms with Gasteiger partial charge in [0.2, 0.25) is 5.91 Å². The van der Waals surface area contributed by atoms with Gasteiger partial charge in [-0.1, -0.05) is 13.8 Å². The van der Waals surface area contributed by atoms with E-state index in [-0.39, 0.29) is 11.8 Å². The second-order valence-electron chi connectivity index (χ2n) is 4.55. The minimum absolute atomic E-state index is 0.00105. The van der Waals surface area contributed by atoms with Gasteiger partial charge in [-0.25, -0.2) is 0 Å². The maximum Gasteiger partial charge on any atom is 0.223 e. The normalized spacial score (nSPS) is 11.7. The number of carbonyl (C=O) groups is 1. The van der Waals surface area contributed by atoms with Crippen LogP contribution in [-0.4, -0.2) is 27.2 Å². The molecule has 1 aromatic rings. The zero-order valence-corrected chi connectivity index (χ0v) is 12.8. The molecule has 112 valence electrons. The van der Waals surface area contributed by atoms with Gasteiger partial charge in [-0.05, 0) is 12.5 Å². The van der Waals surface area contributed by atoms with Crippen molar-refractivity contribution in [2.75, 3.05) is 21.3 Å². The molecule has 1 amide bonds. The highest BCUT2D eigenvalue weighted by Crippen LogP contribution is 2.34. The van der Waals surface area contributed by atoms with Crippen LogP contribution in [0.3, 0.4) is 0 Å². The third kappa shape index (κ3) is 3.79. The molecule has 5 heteroatoms. The van der Waals surface area contributed by atoms with Gasteiger partial charge in [-0.15, -0.1) is 0 Å². The van der Waals surface area contributed by atoms with E-state index in [4.69, 9.17) is 14.2 Å². The minimum Gasteiger partial charge on any atom is -0.496 e. The van der Waals surface area contributed by atoms with Crippen LogP contribution in [0, 0.1) is 5.92 Å². The number of amides is 1. The van der Waals surface area contributed by atoms with E-state index in [1.54, 1.807) is 27.4 Å². The molecule has 0 fully saturated rings. The van der Waals surface area contributed by atoms with Crippen LogP contribution >= 0.6 is 0 Å². The lowest BCUT2D eigenvalue weighted by atomic mass is 10.1. The van der Waals surface area contributed by atoms with Crippen molar-refractivity contribution >= 4 is 5.91 Å². The first kappa shape index (κ1) is 16.1. The number of nitrogens with one attached hydrogen (secondary N) is 1. The maximum absolute atomic E-state index is 11.8. The maximum atomic E-state index is 11.8. The number of methoxy groups -OCH3 is 3. The Morgan fingerprint density at radius 1 is 1.10 bits per heavy atom. The summed E-state index contributed by atoms with van der Waals surface area (Å²) in [4.78, 5) is 11.8. The van der Waals surface area contributed by atoms with Crippen LogP contribution in [0.5, 0.6) is 17.2 Å². The van der Waals surface area contributed by atoms with Gasteiger partial charge in [0.05, 0.1) is 21.3 Å². The fraction of sp³-hybridized carbons (Fsp3) is 0.533. The Bertz CT molecular complexity index is 459. The van der Waals surface area contributed by atoms with Crippen LogP contribution in [0.25, 0.3) is 0 Å². The summed E-state index contributed by atoms with van der Waals surface area (Å²) in [5.41, 5.74) is 0.849. The second kappa shape index (κ2) is 7.62. The number of carbonyl (C=O) groups excluding carboxylic acids is 1. The number of benzene rings is 1. The molecular weight excluding hydrogens is 258 g/mol. The molecule has 0 aromatic heterocycles. The monoisotopic (exact) mass is 281 g/mol. The molecule has 1 N–H and O–H groups in total. The van der Waals surface area contributed by atoms with Gasteiger partial charge in [0.25, 0.3) is 0 Å². The van der Waals surface area contributed by atoms with Crippen LogP contribution in [0.4, 0.5) is 0 Å². The number of ether oxygens (including phenoxy) is 3. The largest absolute Gasteiger partial charge is 0.496 e. The third-order valence-corrected chi connectivity index (χ3v) is 3.30. The summed E-state index contributed by atoms with van der Waals surface area (Å²) in [6, 6.07) is 3.57. The van der Waals surface area contributed by atoms with E-state index in [0.29, 0.717) is 23.8 Å². The molecular formula is C15H23NO4. The summed E-state index contributed by atoms with van der Waals surface area (Å²) in [6.45, 7) is 4.29. The fourth-order valence-electron chi connectivity index (χ4n) is 1.77. The summed E-state index contributed by atoms with van der Waals surface area (Å²) in [5.74, 6) is 1.90. The summed E-state index contributed by atoms with van der Waals surface area (Å²) in [6.07, 6.45) is 0.814. The van der Waals surface area contributed by atoms with Crippen LogP contribution in [0.1, 0.15) is 25.8 Å². The van der Waals surface area contributed by atoms with Crippen molar-refractivity contribution in [2.45, 2.75) is 26.8 Å². The Morgan fingerprint density at radius 2 is 1.65 bits per heavy atom. The zero-order chi connectivity index (χ0) is 15.1. The lowest BCUT2D eigenvalue weighted by Crippen LogP contribution is -2.28. The second-order valence-corrected chi connectivity index (χ2v) is 4.55. The SMILES string of the molecule is CCC(C)C(=O)NCc1cc(OC)c(OC)cc1OC. The highest BCUT2D eigenvalue weighted by atomic mass is 16.5. The molecule has 0 aliphatic carbocycles. The Hall–Kier alpha value is -1.91. The highest BCUT2D eigenvalue weighted by Gasteiger charge is 2.14. The molecule has 5 nitrogen and oxygen atoms in total. The minimum atomic E-state index is 0.00105. The van der Waals surface area contributed by atoms with Gasteiger partial charge in [0.1, 0.15) is 5.75 Å². The molecule has 0 heterocycles. The molecule has 0 radical (unpaired) electrons. The van der Waals surface area contributed by atoms with Crippen LogP contribution in [0.15, 0.2) is 12.1 Å². The Morgan fingerprint density at radius 3 is 2.15 bits per heavy atom. The highest BCUT2D eigenvalue weighted by molar-refractivity contribution is 5.78. The molecule has 0 saturated carbocycles. The van der Waals surface area contributed by atoms with Gasteiger partial charge in [0.15, 0.2) is 11.5 Å². The summed E-state index contributed by atoms with van der Waals surface area (Å²) >= 11 is 0. The molecule has 0 saturated heterocycles. The van der Waals surface area contributed by atoms with Gasteiger partial charge >= 0.3 is 0 Å². The third-order valence-electron chi connectivity index (χ3n) is 3.30. The van der Waals surface area contributed by atoms with Gasteiger partial charge < -0.3 is 19.5 Å². The van der Waals surface area contributed by atoms with Gasteiger partial charge in [0, 0.05) is 24.1 Å². The Labute approximate surface area is 120 Å². The molecule has 1 rings (SSSR count). The number of hydrogen-bond donors (Lipinski definition) is 1. The molecule has 1 unspecified atom stereocenters. The first-order chi connectivity index (χ1) is 9.57. The van der Waals surface area contributed by atoms with E-state index in [0.717, 1.165) is 12.0 Å². The average molecular weight is 281 g/mol. The lowest BCUT2D eigenvalue weighted by Gasteiger charge is -2.15. The molecule has 20 heavy (non-hydrogen) atoms. The van der Waals surface area contributed by atoms with E-state index < -0.39 is 0 Å². The van der Waals surface area contributed by atoms with Crippen molar-refractivity contribution in [3.8, 4) is 17.2 Å². The van der Waals surface area contributed by atoms with Gasteiger partial charge in [-0.3, -0.25) is 4.79 Å². The lowest BCUT2D eigenvalue weighted by molar-refractivity contribution is -0.124. The Kier molecular flexibility index (Phi) is 6.15. The first-order valence-electron chi connectivity index (χ1n) is 6.63. The van der Waals surface area contributed by atoms with E-state index in [1.807, 2.05) is 19.9 Å². The molecule has 0 aliphatic rings. The van der Waals surface area contributed by atoms with E-state index in [1.165, 1.54) is 0 Å². The van der Waals surface area contributed by atoms with Crippen LogP contribution < -0.4 is 19.5 Å². The summed E-state index contributed by atoms with van der Waals surface area (Å²) in [5, 5.41) is 2.90. The van der Waals surface area contributed by atoms with E-state index >= 15 is 0 Å². The predicted molar refractivity (Wildman–Crippen MR) is 77.4 cm³/mol. The van der Waals surface area contributed by atoms with Crippen LogP contribution in [0.2, 0.25) is 0 Å². The zero-order valence-electron chi connectivity index (χ0n) is 12.8. The van der Waals surface area contributed by atoms with E-state index in [2.05, 4.69) is 5.32 Å². The van der Waals surface area contributed by atoms with Crippen molar-refractivity contribution in [3.05, 3.63) is 17.7 Å². The topological polar surface area (TPSA) is 56.8 Å². The van der Waals surface area contributed by atoms with E-state index in [9.17, 15) is 4.79 Å². The first-order valence-corrected chi connectivity index (χ1v) is 6.63. The summed E-state index contributed by atoms with van der Waals surface area (Å²) < 4.78 is 15.8. The van der Waals surface area contributed by atoms with Crippen molar-refractivity contribution in [1.29, 1.82) is 0 Å². The molecule has 0 spiro atoms. The van der Waals surface area contributed by atoms with Crippen molar-refractivity contribution < 1.29 is 19.0 Å². The Balaban J connectivity index is 2.91. The number of hydrogen-bond acceptors (Lipinski definition) is 4. The standard InChI is InChI=1S/C15H23NO4/c1-6-10(2)15(17)16-9-11-7-13(19-4)14(20-5)8-12(11)18-3/h7-8,10H,6,9H2,1-5H3,(H,16,17). The number of rotatable bonds is 7. The van der Waals surface area contributed by atoms with Crippen molar-refractivity contribution in [2.24, 2.45) is 5.92 Å². The molecule has 0 aliphatic heterocycles. The van der Waals surface area contributed by atoms with Crippen molar-refractivity contribution in [3.63, 3.8) is 0 Å². The quantitative estimate of drug-likeness (QED) is 0.833. The van der Waals surface area contributed by atoms with Crippen molar-refractivity contribution in [1.82, 2.24) is 5.32 Å². The molecule has 1 atom stereocenters. The van der Waals surface area contributed by atoms with Crippen LogP contribution in [-0.2, 0) is 11.3 Å². The molecule has 0 bridgehead atoms. The predicted octanol–water partition coefficient (Wildman–Crippen LogP) is 2.37. The van der Waals surface area contributed by atoms with Gasteiger partial charge in [-0.2, -0.15) is 0 Å².